The van der Waals surface area contributed by atoms with Crippen LogP contribution in [0.1, 0.15) is 26.2 Å². The number of nitrogens with zero attached hydrogens (tertiary/aromatic N) is 3. The Bertz CT molecular complexity index is 338. The van der Waals surface area contributed by atoms with Gasteiger partial charge in [0.2, 0.25) is 5.95 Å². The van der Waals surface area contributed by atoms with E-state index in [0.717, 1.165) is 30.6 Å². The van der Waals surface area contributed by atoms with E-state index in [1.165, 1.54) is 12.8 Å². The lowest BCUT2D eigenvalue weighted by Crippen LogP contribution is -2.17. The van der Waals surface area contributed by atoms with Crippen molar-refractivity contribution in [3.8, 4) is 0 Å². The van der Waals surface area contributed by atoms with Gasteiger partial charge in [-0.25, -0.2) is 4.98 Å². The maximum absolute atomic E-state index is 5.82. The van der Waals surface area contributed by atoms with Crippen molar-refractivity contribution >= 4 is 23.4 Å². The predicted octanol–water partition coefficient (Wildman–Crippen LogP) is 3.00. The first kappa shape index (κ1) is 15.0. The van der Waals surface area contributed by atoms with Gasteiger partial charge in [-0.3, -0.25) is 0 Å². The molecule has 0 radical (unpaired) electrons. The van der Waals surface area contributed by atoms with Crippen molar-refractivity contribution in [3.63, 3.8) is 0 Å². The van der Waals surface area contributed by atoms with Gasteiger partial charge in [0.25, 0.3) is 0 Å². The third-order valence-electron chi connectivity index (χ3n) is 2.83. The number of aromatic nitrogens is 2. The second-order valence-corrected chi connectivity index (χ2v) is 5.03. The second kappa shape index (κ2) is 8.14. The monoisotopic (exact) mass is 270 g/mol. The third kappa shape index (κ3) is 5.08. The molecule has 0 bridgehead atoms. The summed E-state index contributed by atoms with van der Waals surface area (Å²) in [5.74, 6) is 2.94. The predicted molar refractivity (Wildman–Crippen MR) is 78.6 cm³/mol. The Morgan fingerprint density at radius 1 is 1.39 bits per heavy atom. The van der Waals surface area contributed by atoms with E-state index in [-0.39, 0.29) is 0 Å². The van der Waals surface area contributed by atoms with E-state index in [1.807, 2.05) is 25.1 Å². The molecule has 0 fully saturated rings. The van der Waals surface area contributed by atoms with Crippen LogP contribution in [-0.2, 0) is 0 Å². The Balaban J connectivity index is 2.53. The first-order chi connectivity index (χ1) is 8.67. The van der Waals surface area contributed by atoms with Gasteiger partial charge in [-0.15, -0.1) is 11.6 Å². The first-order valence-corrected chi connectivity index (χ1v) is 7.01. The zero-order valence-electron chi connectivity index (χ0n) is 11.5. The van der Waals surface area contributed by atoms with Crippen LogP contribution in [0.3, 0.4) is 0 Å². The SMILES string of the molecule is CCCC(CCCl)CNc1ccnc(N(C)C)n1. The molecule has 0 aliphatic heterocycles. The average Bonchev–Trinajstić information content (AvgIpc) is 2.37. The molecule has 1 heterocycles. The number of hydrogen-bond acceptors (Lipinski definition) is 4. The summed E-state index contributed by atoms with van der Waals surface area (Å²) in [5.41, 5.74) is 0. The Kier molecular flexibility index (Phi) is 6.80. The van der Waals surface area contributed by atoms with Gasteiger partial charge >= 0.3 is 0 Å². The summed E-state index contributed by atoms with van der Waals surface area (Å²) in [5, 5.41) is 3.37. The topological polar surface area (TPSA) is 41.1 Å². The van der Waals surface area contributed by atoms with Crippen molar-refractivity contribution in [1.29, 1.82) is 0 Å². The lowest BCUT2D eigenvalue weighted by molar-refractivity contribution is 0.489. The van der Waals surface area contributed by atoms with Gasteiger partial charge in [0.05, 0.1) is 0 Å². The zero-order valence-corrected chi connectivity index (χ0v) is 12.2. The Morgan fingerprint density at radius 2 is 2.17 bits per heavy atom. The van der Waals surface area contributed by atoms with Crippen LogP contribution in [0.25, 0.3) is 0 Å². The molecule has 0 aliphatic carbocycles. The lowest BCUT2D eigenvalue weighted by Gasteiger charge is -2.17. The fraction of sp³-hybridized carbons (Fsp3) is 0.692. The average molecular weight is 271 g/mol. The molecule has 0 saturated carbocycles. The molecule has 0 amide bonds. The highest BCUT2D eigenvalue weighted by Crippen LogP contribution is 2.14. The van der Waals surface area contributed by atoms with E-state index in [2.05, 4.69) is 22.2 Å². The lowest BCUT2D eigenvalue weighted by atomic mass is 10.0. The number of hydrogen-bond donors (Lipinski definition) is 1. The third-order valence-corrected chi connectivity index (χ3v) is 3.05. The molecule has 0 spiro atoms. The van der Waals surface area contributed by atoms with Gasteiger partial charge in [0.15, 0.2) is 0 Å². The van der Waals surface area contributed by atoms with Crippen LogP contribution in [0.15, 0.2) is 12.3 Å². The highest BCUT2D eigenvalue weighted by atomic mass is 35.5. The largest absolute Gasteiger partial charge is 0.370 e. The molecule has 1 aromatic heterocycles. The number of rotatable bonds is 8. The van der Waals surface area contributed by atoms with E-state index in [0.29, 0.717) is 5.92 Å². The summed E-state index contributed by atoms with van der Waals surface area (Å²) in [6, 6.07) is 1.90. The zero-order chi connectivity index (χ0) is 13.4. The van der Waals surface area contributed by atoms with Crippen LogP contribution < -0.4 is 10.2 Å². The van der Waals surface area contributed by atoms with Crippen molar-refractivity contribution in [2.24, 2.45) is 5.92 Å². The van der Waals surface area contributed by atoms with Gasteiger partial charge in [-0.1, -0.05) is 13.3 Å². The molecular weight excluding hydrogens is 248 g/mol. The number of anilines is 2. The van der Waals surface area contributed by atoms with Crippen LogP contribution in [-0.4, -0.2) is 36.5 Å². The molecule has 0 aliphatic rings. The summed E-state index contributed by atoms with van der Waals surface area (Å²) in [6.07, 6.45) is 5.22. The van der Waals surface area contributed by atoms with Gasteiger partial charge in [0, 0.05) is 32.7 Å². The van der Waals surface area contributed by atoms with Crippen LogP contribution >= 0.6 is 11.6 Å². The van der Waals surface area contributed by atoms with Gasteiger partial charge < -0.3 is 10.2 Å². The molecule has 1 rings (SSSR count). The normalized spacial score (nSPS) is 12.2. The van der Waals surface area contributed by atoms with Crippen LogP contribution in [0, 0.1) is 5.92 Å². The van der Waals surface area contributed by atoms with Crippen molar-refractivity contribution < 1.29 is 0 Å². The summed E-state index contributed by atoms with van der Waals surface area (Å²) in [4.78, 5) is 10.5. The molecule has 18 heavy (non-hydrogen) atoms. The molecule has 102 valence electrons. The Hall–Kier alpha value is -1.03. The van der Waals surface area contributed by atoms with Gasteiger partial charge in [-0.05, 0) is 24.8 Å². The molecule has 1 unspecified atom stereocenters. The van der Waals surface area contributed by atoms with Crippen LogP contribution in [0.2, 0.25) is 0 Å². The number of alkyl halides is 1. The summed E-state index contributed by atoms with van der Waals surface area (Å²) < 4.78 is 0. The molecule has 1 atom stereocenters. The Labute approximate surface area is 115 Å². The minimum Gasteiger partial charge on any atom is -0.370 e. The molecule has 0 aromatic carbocycles. The highest BCUT2D eigenvalue weighted by Gasteiger charge is 2.08. The quantitative estimate of drug-likeness (QED) is 0.738. The first-order valence-electron chi connectivity index (χ1n) is 6.47. The molecule has 0 saturated heterocycles. The van der Waals surface area contributed by atoms with Crippen LogP contribution in [0.5, 0.6) is 0 Å². The van der Waals surface area contributed by atoms with Crippen molar-refractivity contribution in [2.75, 3.05) is 36.7 Å². The maximum atomic E-state index is 5.82. The summed E-state index contributed by atoms with van der Waals surface area (Å²) >= 11 is 5.82. The van der Waals surface area contributed by atoms with Crippen molar-refractivity contribution in [2.45, 2.75) is 26.2 Å². The van der Waals surface area contributed by atoms with E-state index in [1.54, 1.807) is 6.20 Å². The molecule has 4 nitrogen and oxygen atoms in total. The molecule has 1 aromatic rings. The fourth-order valence-corrected chi connectivity index (χ4v) is 2.13. The van der Waals surface area contributed by atoms with Crippen molar-refractivity contribution in [1.82, 2.24) is 9.97 Å². The van der Waals surface area contributed by atoms with E-state index < -0.39 is 0 Å². The summed E-state index contributed by atoms with van der Waals surface area (Å²) in [7, 11) is 3.87. The molecule has 5 heteroatoms. The van der Waals surface area contributed by atoms with E-state index in [9.17, 15) is 0 Å². The van der Waals surface area contributed by atoms with Crippen molar-refractivity contribution in [3.05, 3.63) is 12.3 Å². The standard InChI is InChI=1S/C13H23ClN4/c1-4-5-11(6-8-14)10-16-12-7-9-15-13(17-12)18(2)3/h7,9,11H,4-6,8,10H2,1-3H3,(H,15,16,17). The van der Waals surface area contributed by atoms with Gasteiger partial charge in [-0.2, -0.15) is 4.98 Å². The number of halogens is 1. The van der Waals surface area contributed by atoms with Gasteiger partial charge in [0.1, 0.15) is 5.82 Å². The summed E-state index contributed by atoms with van der Waals surface area (Å²) in [6.45, 7) is 3.13. The minimum atomic E-state index is 0.616. The molecular formula is C13H23ClN4. The highest BCUT2D eigenvalue weighted by molar-refractivity contribution is 6.17. The number of nitrogens with one attached hydrogen (secondary N) is 1. The fourth-order valence-electron chi connectivity index (χ4n) is 1.82. The van der Waals surface area contributed by atoms with E-state index >= 15 is 0 Å². The van der Waals surface area contributed by atoms with E-state index in [4.69, 9.17) is 11.6 Å². The minimum absolute atomic E-state index is 0.616. The molecule has 1 N–H and O–H groups in total. The van der Waals surface area contributed by atoms with Crippen LogP contribution in [0.4, 0.5) is 11.8 Å². The maximum Gasteiger partial charge on any atom is 0.226 e. The second-order valence-electron chi connectivity index (χ2n) is 4.65. The Morgan fingerprint density at radius 3 is 2.78 bits per heavy atom. The smallest absolute Gasteiger partial charge is 0.226 e.